The van der Waals surface area contributed by atoms with Crippen molar-refractivity contribution in [3.8, 4) is 0 Å². The topological polar surface area (TPSA) is 49.9 Å². The van der Waals surface area contributed by atoms with E-state index in [1.807, 2.05) is 13.8 Å². The maximum atomic E-state index is 14.1. The third kappa shape index (κ3) is 3.75. The first-order valence-electron chi connectivity index (χ1n) is 8.14. The van der Waals surface area contributed by atoms with E-state index in [-0.39, 0.29) is 35.4 Å². The molecule has 0 aromatic heterocycles. The van der Waals surface area contributed by atoms with E-state index in [9.17, 15) is 12.8 Å². The lowest BCUT2D eigenvalue weighted by Crippen LogP contribution is -2.53. The summed E-state index contributed by atoms with van der Waals surface area (Å²) < 4.78 is 48.8. The van der Waals surface area contributed by atoms with E-state index in [2.05, 4.69) is 0 Å². The number of ether oxygens (including phenoxy) is 1. The zero-order valence-electron chi connectivity index (χ0n) is 13.8. The lowest BCUT2D eigenvalue weighted by molar-refractivity contribution is -0.0456. The summed E-state index contributed by atoms with van der Waals surface area (Å²) in [4.78, 5) is 0. The fraction of sp³-hybridized carbons (Fsp3) is 0.625. The summed E-state index contributed by atoms with van der Waals surface area (Å²) in [6, 6.07) is 4.32. The Labute approximate surface area is 147 Å². The SMILES string of the molecule is C[C@@H]1CN(S(=O)(=O)N(Cc2c(F)cccc2Cl)C2CC2)C[C@@H](C)O1. The second-order valence-corrected chi connectivity index (χ2v) is 8.85. The second-order valence-electron chi connectivity index (χ2n) is 6.56. The molecule has 1 aliphatic heterocycles. The number of benzene rings is 1. The summed E-state index contributed by atoms with van der Waals surface area (Å²) >= 11 is 6.09. The van der Waals surface area contributed by atoms with Crippen LogP contribution in [0.15, 0.2) is 18.2 Å². The van der Waals surface area contributed by atoms with Crippen LogP contribution >= 0.6 is 11.6 Å². The fourth-order valence-electron chi connectivity index (χ4n) is 3.07. The summed E-state index contributed by atoms with van der Waals surface area (Å²) in [6.45, 7) is 4.28. The Morgan fingerprint density at radius 3 is 2.46 bits per heavy atom. The Kier molecular flexibility index (Phi) is 5.18. The summed E-state index contributed by atoms with van der Waals surface area (Å²) in [5.74, 6) is -0.480. The highest BCUT2D eigenvalue weighted by Gasteiger charge is 2.43. The van der Waals surface area contributed by atoms with Crippen molar-refractivity contribution in [3.05, 3.63) is 34.6 Å². The van der Waals surface area contributed by atoms with Crippen LogP contribution in [0.1, 0.15) is 32.3 Å². The molecule has 2 atom stereocenters. The Bertz CT molecular complexity index is 681. The van der Waals surface area contributed by atoms with Gasteiger partial charge in [-0.15, -0.1) is 0 Å². The van der Waals surface area contributed by atoms with Crippen molar-refractivity contribution < 1.29 is 17.5 Å². The molecule has 0 bridgehead atoms. The fourth-order valence-corrected chi connectivity index (χ4v) is 5.26. The third-order valence-corrected chi connectivity index (χ3v) is 6.66. The van der Waals surface area contributed by atoms with Gasteiger partial charge in [-0.2, -0.15) is 17.0 Å². The standard InChI is InChI=1S/C16H22ClFN2O3S/c1-11-8-19(9-12(2)23-11)24(21,22)20(13-6-7-13)10-14-15(17)4-3-5-16(14)18/h3-5,11-13H,6-10H2,1-2H3/t11-,12-/m1/s1. The average Bonchev–Trinajstić information content (AvgIpc) is 3.30. The molecule has 1 saturated heterocycles. The number of morpholine rings is 1. The van der Waals surface area contributed by atoms with Gasteiger partial charge in [0.15, 0.2) is 0 Å². The van der Waals surface area contributed by atoms with Crippen LogP contribution in [-0.4, -0.2) is 48.4 Å². The zero-order chi connectivity index (χ0) is 17.5. The van der Waals surface area contributed by atoms with Crippen molar-refractivity contribution in [2.75, 3.05) is 13.1 Å². The van der Waals surface area contributed by atoms with Crippen molar-refractivity contribution in [1.82, 2.24) is 8.61 Å². The lowest BCUT2D eigenvalue weighted by Gasteiger charge is -2.37. The second kappa shape index (κ2) is 6.88. The van der Waals surface area contributed by atoms with E-state index >= 15 is 0 Å². The van der Waals surface area contributed by atoms with Crippen LogP contribution in [0.5, 0.6) is 0 Å². The van der Waals surface area contributed by atoms with Gasteiger partial charge in [0.05, 0.1) is 12.2 Å². The predicted molar refractivity (Wildman–Crippen MR) is 90.5 cm³/mol. The maximum Gasteiger partial charge on any atom is 0.282 e. The van der Waals surface area contributed by atoms with Gasteiger partial charge < -0.3 is 4.74 Å². The molecule has 0 radical (unpaired) electrons. The van der Waals surface area contributed by atoms with Gasteiger partial charge in [0.1, 0.15) is 5.82 Å². The highest BCUT2D eigenvalue weighted by Crippen LogP contribution is 2.34. The van der Waals surface area contributed by atoms with Gasteiger partial charge in [-0.3, -0.25) is 0 Å². The predicted octanol–water partition coefficient (Wildman–Crippen LogP) is 2.80. The number of halogens is 2. The number of nitrogens with zero attached hydrogens (tertiary/aromatic N) is 2. The molecule has 8 heteroatoms. The summed E-state index contributed by atoms with van der Waals surface area (Å²) in [6.07, 6.45) is 1.25. The van der Waals surface area contributed by atoms with Gasteiger partial charge in [0, 0.05) is 36.3 Å². The van der Waals surface area contributed by atoms with Gasteiger partial charge >= 0.3 is 0 Å². The molecule has 1 aromatic rings. The molecule has 0 N–H and O–H groups in total. The summed E-state index contributed by atoms with van der Waals surface area (Å²) in [7, 11) is -3.70. The van der Waals surface area contributed by atoms with Crippen LogP contribution in [0.25, 0.3) is 0 Å². The van der Waals surface area contributed by atoms with Crippen LogP contribution in [0, 0.1) is 5.82 Å². The van der Waals surface area contributed by atoms with Crippen molar-refractivity contribution >= 4 is 21.8 Å². The highest BCUT2D eigenvalue weighted by atomic mass is 35.5. The lowest BCUT2D eigenvalue weighted by atomic mass is 10.2. The van der Waals surface area contributed by atoms with Crippen molar-refractivity contribution in [3.63, 3.8) is 0 Å². The Morgan fingerprint density at radius 2 is 1.92 bits per heavy atom. The molecule has 1 heterocycles. The normalized spacial score (nSPS) is 26.0. The van der Waals surface area contributed by atoms with E-state index in [4.69, 9.17) is 16.3 Å². The molecule has 0 spiro atoms. The third-order valence-electron chi connectivity index (χ3n) is 4.34. The van der Waals surface area contributed by atoms with E-state index in [0.29, 0.717) is 13.1 Å². The maximum absolute atomic E-state index is 14.1. The Balaban J connectivity index is 1.87. The quantitative estimate of drug-likeness (QED) is 0.794. The highest BCUT2D eigenvalue weighted by molar-refractivity contribution is 7.86. The Hall–Kier alpha value is -0.730. The molecule has 1 saturated carbocycles. The summed E-state index contributed by atoms with van der Waals surface area (Å²) in [5.41, 5.74) is 0.226. The molecule has 1 aliphatic carbocycles. The molecule has 2 aliphatic rings. The molecule has 1 aromatic carbocycles. The smallest absolute Gasteiger partial charge is 0.282 e. The van der Waals surface area contributed by atoms with Crippen LogP contribution in [0.3, 0.4) is 0 Å². The first-order valence-corrected chi connectivity index (χ1v) is 9.91. The van der Waals surface area contributed by atoms with Crippen molar-refractivity contribution in [2.24, 2.45) is 0 Å². The molecule has 24 heavy (non-hydrogen) atoms. The molecule has 5 nitrogen and oxygen atoms in total. The largest absolute Gasteiger partial charge is 0.373 e. The molecule has 2 fully saturated rings. The summed E-state index contributed by atoms with van der Waals surface area (Å²) in [5, 5.41) is 0.250. The van der Waals surface area contributed by atoms with Crippen LogP contribution in [0.2, 0.25) is 5.02 Å². The number of rotatable bonds is 5. The molecule has 0 amide bonds. The van der Waals surface area contributed by atoms with Crippen LogP contribution in [-0.2, 0) is 21.5 Å². The number of hydrogen-bond acceptors (Lipinski definition) is 3. The van der Waals surface area contributed by atoms with Crippen molar-refractivity contribution in [1.29, 1.82) is 0 Å². The molecule has 0 unspecified atom stereocenters. The van der Waals surface area contributed by atoms with Crippen LogP contribution < -0.4 is 0 Å². The minimum Gasteiger partial charge on any atom is -0.373 e. The van der Waals surface area contributed by atoms with Crippen molar-refractivity contribution in [2.45, 2.75) is 51.5 Å². The van der Waals surface area contributed by atoms with Crippen LogP contribution in [0.4, 0.5) is 4.39 Å². The van der Waals surface area contributed by atoms with E-state index in [1.165, 1.54) is 20.7 Å². The molecular formula is C16H22ClFN2O3S. The van der Waals surface area contributed by atoms with E-state index in [0.717, 1.165) is 12.8 Å². The molecular weight excluding hydrogens is 355 g/mol. The molecule has 134 valence electrons. The van der Waals surface area contributed by atoms with E-state index < -0.39 is 16.0 Å². The average molecular weight is 377 g/mol. The minimum atomic E-state index is -3.70. The van der Waals surface area contributed by atoms with Gasteiger partial charge in [-0.05, 0) is 38.8 Å². The van der Waals surface area contributed by atoms with E-state index in [1.54, 1.807) is 6.07 Å². The van der Waals surface area contributed by atoms with Gasteiger partial charge in [-0.1, -0.05) is 17.7 Å². The minimum absolute atomic E-state index is 0.0430. The first kappa shape index (κ1) is 18.1. The monoisotopic (exact) mass is 376 g/mol. The van der Waals surface area contributed by atoms with Gasteiger partial charge in [-0.25, -0.2) is 4.39 Å². The number of hydrogen-bond donors (Lipinski definition) is 0. The molecule has 3 rings (SSSR count). The van der Waals surface area contributed by atoms with Gasteiger partial charge in [0.2, 0.25) is 0 Å². The van der Waals surface area contributed by atoms with Gasteiger partial charge in [0.25, 0.3) is 10.2 Å². The Morgan fingerprint density at radius 1 is 1.29 bits per heavy atom. The first-order chi connectivity index (χ1) is 11.3. The zero-order valence-corrected chi connectivity index (χ0v) is 15.4.